The van der Waals surface area contributed by atoms with E-state index < -0.39 is 30.9 Å². The summed E-state index contributed by atoms with van der Waals surface area (Å²) in [5.41, 5.74) is 5.56. The molecule has 102 valence electrons. The number of carboxylic acid groups (broad SMARTS) is 1. The molecular weight excluding hydrogens is 252 g/mol. The van der Waals surface area contributed by atoms with Gasteiger partial charge in [0, 0.05) is 0 Å². The minimum Gasteiger partial charge on any atom is -0.508 e. The zero-order chi connectivity index (χ0) is 14.4. The van der Waals surface area contributed by atoms with E-state index in [1.165, 1.54) is 24.3 Å². The molecule has 0 aliphatic carbocycles. The van der Waals surface area contributed by atoms with Gasteiger partial charge in [-0.2, -0.15) is 0 Å². The number of primary amides is 1. The molecule has 0 aliphatic rings. The molecule has 1 rings (SSSR count). The fourth-order valence-corrected chi connectivity index (χ4v) is 1.48. The average molecular weight is 266 g/mol. The van der Waals surface area contributed by atoms with Crippen molar-refractivity contribution in [2.45, 2.75) is 6.42 Å². The average Bonchev–Trinajstić information content (AvgIpc) is 2.30. The van der Waals surface area contributed by atoms with Crippen LogP contribution < -0.4 is 5.73 Å². The predicted molar refractivity (Wildman–Crippen MR) is 65.2 cm³/mol. The Morgan fingerprint density at radius 1 is 1.11 bits per heavy atom. The van der Waals surface area contributed by atoms with Crippen molar-refractivity contribution >= 4 is 17.8 Å². The van der Waals surface area contributed by atoms with Crippen molar-refractivity contribution in [1.82, 2.24) is 4.90 Å². The molecule has 7 nitrogen and oxygen atoms in total. The van der Waals surface area contributed by atoms with Gasteiger partial charge in [-0.3, -0.25) is 14.4 Å². The molecule has 0 aromatic heterocycles. The summed E-state index contributed by atoms with van der Waals surface area (Å²) in [7, 11) is 0. The Morgan fingerprint density at radius 2 is 1.68 bits per heavy atom. The number of carbonyl (C=O) groups excluding carboxylic acids is 2. The number of hydrogen-bond acceptors (Lipinski definition) is 4. The number of nitrogens with two attached hydrogens (primary N) is 1. The Morgan fingerprint density at radius 3 is 2.16 bits per heavy atom. The Labute approximate surface area is 109 Å². The maximum Gasteiger partial charge on any atom is 0.323 e. The summed E-state index contributed by atoms with van der Waals surface area (Å²) in [5.74, 6) is -2.46. The van der Waals surface area contributed by atoms with E-state index in [-0.39, 0.29) is 12.2 Å². The number of carbonyl (C=O) groups is 3. The van der Waals surface area contributed by atoms with Gasteiger partial charge in [-0.05, 0) is 17.7 Å². The van der Waals surface area contributed by atoms with Crippen LogP contribution in [-0.2, 0) is 20.8 Å². The Bertz CT molecular complexity index is 467. The van der Waals surface area contributed by atoms with Gasteiger partial charge in [-0.15, -0.1) is 0 Å². The Kier molecular flexibility index (Phi) is 4.87. The second-order valence-corrected chi connectivity index (χ2v) is 3.95. The predicted octanol–water partition coefficient (Wildman–Crippen LogP) is -0.667. The lowest BCUT2D eigenvalue weighted by atomic mass is 10.1. The van der Waals surface area contributed by atoms with Gasteiger partial charge in [0.25, 0.3) is 0 Å². The lowest BCUT2D eigenvalue weighted by molar-refractivity contribution is -0.145. The second-order valence-electron chi connectivity index (χ2n) is 3.95. The van der Waals surface area contributed by atoms with Crippen LogP contribution in [0.3, 0.4) is 0 Å². The van der Waals surface area contributed by atoms with E-state index in [1.807, 2.05) is 0 Å². The third kappa shape index (κ3) is 5.07. The van der Waals surface area contributed by atoms with Crippen molar-refractivity contribution in [3.8, 4) is 5.75 Å². The highest BCUT2D eigenvalue weighted by Crippen LogP contribution is 2.11. The molecule has 0 aliphatic heterocycles. The third-order valence-corrected chi connectivity index (χ3v) is 2.32. The molecule has 0 fully saturated rings. The number of hydrogen-bond donors (Lipinski definition) is 3. The van der Waals surface area contributed by atoms with Crippen molar-refractivity contribution in [2.75, 3.05) is 13.1 Å². The molecule has 7 heteroatoms. The van der Waals surface area contributed by atoms with Crippen molar-refractivity contribution in [3.05, 3.63) is 29.8 Å². The molecule has 19 heavy (non-hydrogen) atoms. The van der Waals surface area contributed by atoms with Crippen LogP contribution in [-0.4, -0.2) is 46.0 Å². The van der Waals surface area contributed by atoms with Crippen LogP contribution in [0, 0.1) is 0 Å². The number of nitrogens with zero attached hydrogens (tertiary/aromatic N) is 1. The van der Waals surface area contributed by atoms with Crippen LogP contribution in [0.25, 0.3) is 0 Å². The van der Waals surface area contributed by atoms with E-state index in [4.69, 9.17) is 15.9 Å². The second kappa shape index (κ2) is 6.39. The van der Waals surface area contributed by atoms with Gasteiger partial charge < -0.3 is 20.8 Å². The molecule has 0 bridgehead atoms. The summed E-state index contributed by atoms with van der Waals surface area (Å²) in [5, 5.41) is 17.8. The number of amides is 2. The molecule has 0 saturated heterocycles. The van der Waals surface area contributed by atoms with Crippen LogP contribution in [0.1, 0.15) is 5.56 Å². The van der Waals surface area contributed by atoms with Crippen LogP contribution in [0.5, 0.6) is 5.75 Å². The minimum absolute atomic E-state index is 0.0655. The molecular formula is C12H14N2O5. The highest BCUT2D eigenvalue weighted by atomic mass is 16.4. The number of aromatic hydroxyl groups is 1. The molecule has 0 unspecified atom stereocenters. The lowest BCUT2D eigenvalue weighted by Crippen LogP contribution is -2.42. The smallest absolute Gasteiger partial charge is 0.323 e. The van der Waals surface area contributed by atoms with Crippen molar-refractivity contribution in [3.63, 3.8) is 0 Å². The number of benzene rings is 1. The third-order valence-electron chi connectivity index (χ3n) is 2.32. The van der Waals surface area contributed by atoms with Gasteiger partial charge in [0.1, 0.15) is 12.3 Å². The van der Waals surface area contributed by atoms with E-state index >= 15 is 0 Å². The monoisotopic (exact) mass is 266 g/mol. The fraction of sp³-hybridized carbons (Fsp3) is 0.250. The first-order valence-electron chi connectivity index (χ1n) is 5.44. The van der Waals surface area contributed by atoms with Gasteiger partial charge in [0.15, 0.2) is 0 Å². The van der Waals surface area contributed by atoms with Gasteiger partial charge >= 0.3 is 5.97 Å². The van der Waals surface area contributed by atoms with Crippen LogP contribution >= 0.6 is 0 Å². The van der Waals surface area contributed by atoms with Crippen molar-refractivity contribution in [2.24, 2.45) is 5.73 Å². The van der Waals surface area contributed by atoms with Crippen LogP contribution in [0.4, 0.5) is 0 Å². The van der Waals surface area contributed by atoms with Crippen LogP contribution in [0.15, 0.2) is 24.3 Å². The fourth-order valence-electron chi connectivity index (χ4n) is 1.48. The Hall–Kier alpha value is -2.57. The van der Waals surface area contributed by atoms with Crippen molar-refractivity contribution in [1.29, 1.82) is 0 Å². The number of carboxylic acids is 1. The lowest BCUT2D eigenvalue weighted by Gasteiger charge is -2.18. The minimum atomic E-state index is -1.22. The zero-order valence-electron chi connectivity index (χ0n) is 10.1. The van der Waals surface area contributed by atoms with E-state index in [0.717, 1.165) is 4.90 Å². The molecule has 0 atom stereocenters. The summed E-state index contributed by atoms with van der Waals surface area (Å²) in [6, 6.07) is 5.91. The molecule has 1 aromatic carbocycles. The van der Waals surface area contributed by atoms with Crippen LogP contribution in [0.2, 0.25) is 0 Å². The molecule has 4 N–H and O–H groups in total. The normalized spacial score (nSPS) is 9.89. The molecule has 0 saturated carbocycles. The zero-order valence-corrected chi connectivity index (χ0v) is 10.1. The van der Waals surface area contributed by atoms with Gasteiger partial charge in [0.2, 0.25) is 11.8 Å². The topological polar surface area (TPSA) is 121 Å². The van der Waals surface area contributed by atoms with E-state index in [0.29, 0.717) is 5.56 Å². The van der Waals surface area contributed by atoms with Crippen molar-refractivity contribution < 1.29 is 24.6 Å². The summed E-state index contributed by atoms with van der Waals surface area (Å²) in [6.45, 7) is -1.02. The number of phenolic OH excluding ortho intramolecular Hbond substituents is 1. The maximum atomic E-state index is 11.9. The van der Waals surface area contributed by atoms with E-state index in [9.17, 15) is 14.4 Å². The first-order chi connectivity index (χ1) is 8.88. The Balaban J connectivity index is 2.73. The van der Waals surface area contributed by atoms with Gasteiger partial charge in [0.05, 0.1) is 13.0 Å². The molecule has 2 amide bonds. The summed E-state index contributed by atoms with van der Waals surface area (Å²) in [4.78, 5) is 34.1. The SMILES string of the molecule is NC(=O)CN(CC(=O)O)C(=O)Cc1ccc(O)cc1. The van der Waals surface area contributed by atoms with E-state index in [1.54, 1.807) is 0 Å². The standard InChI is InChI=1S/C12H14N2O5/c13-10(16)6-14(7-12(18)19)11(17)5-8-1-3-9(15)4-2-8/h1-4,15H,5-7H2,(H2,13,16)(H,18,19). The number of aliphatic carboxylic acids is 1. The highest BCUT2D eigenvalue weighted by molar-refractivity contribution is 5.87. The summed E-state index contributed by atoms with van der Waals surface area (Å²) < 4.78 is 0. The first-order valence-corrected chi connectivity index (χ1v) is 5.44. The molecule has 1 aromatic rings. The largest absolute Gasteiger partial charge is 0.508 e. The van der Waals surface area contributed by atoms with Gasteiger partial charge in [-0.25, -0.2) is 0 Å². The van der Waals surface area contributed by atoms with E-state index in [2.05, 4.69) is 0 Å². The summed E-state index contributed by atoms with van der Waals surface area (Å²) >= 11 is 0. The number of rotatable bonds is 6. The quantitative estimate of drug-likeness (QED) is 0.630. The maximum absolute atomic E-state index is 11.9. The molecule has 0 spiro atoms. The first kappa shape index (κ1) is 14.5. The number of phenols is 1. The summed E-state index contributed by atoms with van der Waals surface area (Å²) in [6.07, 6.45) is -0.0686. The van der Waals surface area contributed by atoms with Gasteiger partial charge in [-0.1, -0.05) is 12.1 Å². The highest BCUT2D eigenvalue weighted by Gasteiger charge is 2.18. The molecule has 0 radical (unpaired) electrons. The molecule has 0 heterocycles.